The van der Waals surface area contributed by atoms with E-state index in [-0.39, 0.29) is 29.6 Å². The quantitative estimate of drug-likeness (QED) is 0.387. The second-order valence-corrected chi connectivity index (χ2v) is 7.58. The highest BCUT2D eigenvalue weighted by Gasteiger charge is 2.30. The van der Waals surface area contributed by atoms with Gasteiger partial charge in [-0.25, -0.2) is 9.37 Å². The zero-order chi connectivity index (χ0) is 24.2. The maximum Gasteiger partial charge on any atom is 0.324 e. The molecule has 0 bridgehead atoms. The van der Waals surface area contributed by atoms with E-state index in [4.69, 9.17) is 4.74 Å². The van der Waals surface area contributed by atoms with E-state index in [0.29, 0.717) is 23.8 Å². The predicted octanol–water partition coefficient (Wildman–Crippen LogP) is 2.24. The van der Waals surface area contributed by atoms with Crippen LogP contribution in [0.1, 0.15) is 27.8 Å². The average Bonchev–Trinajstić information content (AvgIpc) is 3.45. The number of amides is 2. The number of carbonyl (C=O) groups is 2. The number of nitrogens with one attached hydrogen (secondary N) is 2. The molecule has 176 valence electrons. The Morgan fingerprint density at radius 1 is 1.29 bits per heavy atom. The number of imidazole rings is 1. The van der Waals surface area contributed by atoms with Crippen LogP contribution in [0, 0.1) is 0 Å². The number of aryl methyl sites for hydroxylation is 1. The summed E-state index contributed by atoms with van der Waals surface area (Å²) in [7, 11) is 3.33. The molecule has 0 unspecified atom stereocenters. The zero-order valence-electron chi connectivity index (χ0n) is 19.1. The number of halogens is 1. The molecule has 4 rings (SSSR count). The number of benzene rings is 1. The minimum absolute atomic E-state index is 0.0137. The Kier molecular flexibility index (Phi) is 6.53. The summed E-state index contributed by atoms with van der Waals surface area (Å²) in [5.41, 5.74) is 1.90. The number of ether oxygens (including phenoxy) is 1. The van der Waals surface area contributed by atoms with Gasteiger partial charge in [0.15, 0.2) is 7.05 Å². The van der Waals surface area contributed by atoms with Crippen LogP contribution in [0.4, 0.5) is 10.2 Å². The van der Waals surface area contributed by atoms with Gasteiger partial charge in [-0.3, -0.25) is 14.0 Å². The van der Waals surface area contributed by atoms with Gasteiger partial charge in [0.25, 0.3) is 5.91 Å². The minimum Gasteiger partial charge on any atom is -0.491 e. The van der Waals surface area contributed by atoms with Gasteiger partial charge in [0, 0.05) is 31.5 Å². The minimum atomic E-state index is -0.567. The molecule has 0 fully saturated rings. The Bertz CT molecular complexity index is 1350. The van der Waals surface area contributed by atoms with Gasteiger partial charge in [-0.05, 0) is 25.1 Å². The van der Waals surface area contributed by atoms with Crippen molar-refractivity contribution in [2.75, 3.05) is 32.2 Å². The topological polar surface area (TPSA) is 108 Å². The molecular formula is C23H25FN7O3+. The lowest BCUT2D eigenvalue weighted by Crippen LogP contribution is -2.40. The number of nitrogens with zero attached hydrogens (tertiary/aromatic N) is 5. The molecule has 0 aliphatic carbocycles. The van der Waals surface area contributed by atoms with Crippen LogP contribution in [0.25, 0.3) is 17.0 Å². The zero-order valence-corrected chi connectivity index (χ0v) is 19.1. The fraction of sp³-hybridized carbons (Fsp3) is 0.261. The smallest absolute Gasteiger partial charge is 0.324 e. The van der Waals surface area contributed by atoms with Gasteiger partial charge in [-0.15, -0.1) is 4.68 Å². The number of anilines is 1. The fourth-order valence-corrected chi connectivity index (χ4v) is 3.42. The van der Waals surface area contributed by atoms with Crippen molar-refractivity contribution in [1.82, 2.24) is 24.4 Å². The van der Waals surface area contributed by atoms with Crippen molar-refractivity contribution < 1.29 is 23.4 Å². The van der Waals surface area contributed by atoms with Gasteiger partial charge in [0.2, 0.25) is 5.78 Å². The lowest BCUT2D eigenvalue weighted by Gasteiger charge is -2.12. The molecule has 0 radical (unpaired) electrons. The molecule has 10 nitrogen and oxygen atoms in total. The van der Waals surface area contributed by atoms with Gasteiger partial charge < -0.3 is 15.0 Å². The highest BCUT2D eigenvalue weighted by molar-refractivity contribution is 6.09. The monoisotopic (exact) mass is 466 g/mol. The summed E-state index contributed by atoms with van der Waals surface area (Å²) in [6.45, 7) is 1.79. The molecule has 0 aliphatic heterocycles. The number of fused-ring (bicyclic) bond motifs is 1. The van der Waals surface area contributed by atoms with E-state index in [0.717, 1.165) is 5.56 Å². The first-order valence-electron chi connectivity index (χ1n) is 10.7. The Balaban J connectivity index is 1.58. The number of H-pyrrole nitrogens is 1. The van der Waals surface area contributed by atoms with Crippen molar-refractivity contribution in [2.24, 2.45) is 7.05 Å². The second-order valence-electron chi connectivity index (χ2n) is 7.58. The lowest BCUT2D eigenvalue weighted by atomic mass is 10.1. The number of rotatable bonds is 8. The molecule has 3 heterocycles. The third-order valence-corrected chi connectivity index (χ3v) is 5.30. The normalized spacial score (nSPS) is 10.9. The van der Waals surface area contributed by atoms with Gasteiger partial charge in [0.05, 0.1) is 11.9 Å². The molecule has 0 spiro atoms. The van der Waals surface area contributed by atoms with Gasteiger partial charge in [0.1, 0.15) is 30.4 Å². The Morgan fingerprint density at radius 3 is 2.88 bits per heavy atom. The molecule has 11 heteroatoms. The summed E-state index contributed by atoms with van der Waals surface area (Å²) in [6.07, 6.45) is 5.03. The van der Waals surface area contributed by atoms with Crippen molar-refractivity contribution in [1.29, 1.82) is 0 Å². The van der Waals surface area contributed by atoms with Crippen molar-refractivity contribution in [3.05, 3.63) is 60.2 Å². The van der Waals surface area contributed by atoms with E-state index in [1.807, 2.05) is 13.0 Å². The lowest BCUT2D eigenvalue weighted by molar-refractivity contribution is -0.728. The van der Waals surface area contributed by atoms with E-state index in [1.165, 1.54) is 15.8 Å². The van der Waals surface area contributed by atoms with E-state index in [1.54, 1.807) is 55.2 Å². The third-order valence-electron chi connectivity index (χ3n) is 5.30. The first-order chi connectivity index (χ1) is 16.4. The third kappa shape index (κ3) is 4.58. The fourth-order valence-electron chi connectivity index (χ4n) is 3.42. The Labute approximate surface area is 195 Å². The van der Waals surface area contributed by atoms with Crippen LogP contribution in [-0.2, 0) is 7.05 Å². The van der Waals surface area contributed by atoms with Crippen molar-refractivity contribution in [3.63, 3.8) is 0 Å². The summed E-state index contributed by atoms with van der Waals surface area (Å²) in [6, 6.07) is 8.84. The van der Waals surface area contributed by atoms with Crippen LogP contribution in [0.2, 0.25) is 0 Å². The molecule has 4 aromatic rings. The molecular weight excluding hydrogens is 441 g/mol. The van der Waals surface area contributed by atoms with Crippen LogP contribution in [-0.4, -0.2) is 63.1 Å². The second kappa shape index (κ2) is 9.69. The molecule has 0 atom stereocenters. The molecule has 1 aromatic carbocycles. The van der Waals surface area contributed by atoms with Crippen molar-refractivity contribution in [2.45, 2.75) is 6.92 Å². The first-order valence-corrected chi connectivity index (χ1v) is 10.7. The molecule has 2 N–H and O–H groups in total. The summed E-state index contributed by atoms with van der Waals surface area (Å²) < 4.78 is 20.9. The summed E-state index contributed by atoms with van der Waals surface area (Å²) in [4.78, 5) is 36.1. The van der Waals surface area contributed by atoms with Crippen LogP contribution >= 0.6 is 0 Å². The Hall–Kier alpha value is -4.28. The van der Waals surface area contributed by atoms with Gasteiger partial charge >= 0.3 is 11.6 Å². The van der Waals surface area contributed by atoms with E-state index < -0.39 is 12.6 Å². The number of alkyl halides is 1. The number of aromatic amines is 1. The number of hydrogen-bond acceptors (Lipinski definition) is 5. The van der Waals surface area contributed by atoms with Crippen LogP contribution < -0.4 is 14.7 Å². The maximum absolute atomic E-state index is 13.0. The van der Waals surface area contributed by atoms with Gasteiger partial charge in [-0.2, -0.15) is 10.1 Å². The first kappa shape index (κ1) is 22.9. The number of aromatic nitrogens is 5. The molecule has 2 amide bonds. The number of carbonyl (C=O) groups excluding carboxylic acids is 2. The molecule has 34 heavy (non-hydrogen) atoms. The van der Waals surface area contributed by atoms with E-state index in [2.05, 4.69) is 20.4 Å². The summed E-state index contributed by atoms with van der Waals surface area (Å²) in [5, 5.41) is 5.61. The highest BCUT2D eigenvalue weighted by Crippen LogP contribution is 2.24. The van der Waals surface area contributed by atoms with E-state index in [9.17, 15) is 14.0 Å². The van der Waals surface area contributed by atoms with Crippen LogP contribution in [0.3, 0.4) is 0 Å². The van der Waals surface area contributed by atoms with Crippen LogP contribution in [0.5, 0.6) is 5.75 Å². The SMILES string of the molecule is CCN(C)C(=O)c1c[nH][n+](C)c1C(=O)Nc1ccn2cc(-c3cccc(OCCF)c3)nc2n1. The van der Waals surface area contributed by atoms with Gasteiger partial charge in [-0.1, -0.05) is 12.1 Å². The molecule has 0 saturated carbocycles. The number of hydrogen-bond donors (Lipinski definition) is 2. The van der Waals surface area contributed by atoms with E-state index >= 15 is 0 Å². The summed E-state index contributed by atoms with van der Waals surface area (Å²) in [5.74, 6) is 0.481. The van der Waals surface area contributed by atoms with Crippen molar-refractivity contribution >= 4 is 23.4 Å². The Morgan fingerprint density at radius 2 is 2.12 bits per heavy atom. The summed E-state index contributed by atoms with van der Waals surface area (Å²) >= 11 is 0. The average molecular weight is 466 g/mol. The molecule has 0 saturated heterocycles. The maximum atomic E-state index is 13.0. The highest BCUT2D eigenvalue weighted by atomic mass is 19.1. The molecule has 0 aliphatic rings. The largest absolute Gasteiger partial charge is 0.491 e. The predicted molar refractivity (Wildman–Crippen MR) is 122 cm³/mol. The standard InChI is InChI=1S/C23H24FN7O3/c1-4-29(2)22(33)17-13-25-30(3)20(17)21(32)27-19-8-10-31-14-18(26-23(31)28-19)15-6-5-7-16(12-15)34-11-9-24/h5-8,10,12-14H,4,9,11H2,1-3H3,(H,26,27,28,32)/p+1. The van der Waals surface area contributed by atoms with Crippen molar-refractivity contribution in [3.8, 4) is 17.0 Å². The molecule has 3 aromatic heterocycles. The van der Waals surface area contributed by atoms with Crippen LogP contribution in [0.15, 0.2) is 48.9 Å².